The van der Waals surface area contributed by atoms with Gasteiger partial charge in [-0.2, -0.15) is 26.3 Å². The van der Waals surface area contributed by atoms with Gasteiger partial charge in [0.25, 0.3) is 0 Å². The summed E-state index contributed by atoms with van der Waals surface area (Å²) in [5.74, 6) is -15.8. The fourth-order valence-electron chi connectivity index (χ4n) is 5.86. The molecule has 0 unspecified atom stereocenters. The molecule has 0 saturated carbocycles. The molecule has 216 valence electrons. The van der Waals surface area contributed by atoms with E-state index in [4.69, 9.17) is 0 Å². The molecule has 2 heterocycles. The van der Waals surface area contributed by atoms with Crippen LogP contribution in [-0.4, -0.2) is 17.8 Å². The highest BCUT2D eigenvalue weighted by molar-refractivity contribution is 7.16. The number of halogens is 6. The third kappa shape index (κ3) is 4.10. The number of alkyl halides is 6. The van der Waals surface area contributed by atoms with E-state index in [-0.39, 0.29) is 20.9 Å². The van der Waals surface area contributed by atoms with Crippen LogP contribution >= 0.6 is 22.7 Å². The van der Waals surface area contributed by atoms with Crippen molar-refractivity contribution in [2.24, 2.45) is 0 Å². The molecule has 0 amide bonds. The summed E-state index contributed by atoms with van der Waals surface area (Å²) in [6.07, 6.45) is 0. The van der Waals surface area contributed by atoms with Crippen LogP contribution in [0.1, 0.15) is 20.9 Å². The maximum absolute atomic E-state index is 15.7. The maximum Gasteiger partial charge on any atom is 0.380 e. The lowest BCUT2D eigenvalue weighted by molar-refractivity contribution is -0.254. The number of thiophene rings is 2. The Morgan fingerprint density at radius 1 is 0.465 bits per heavy atom. The highest BCUT2D eigenvalue weighted by atomic mass is 32.1. The zero-order valence-electron chi connectivity index (χ0n) is 22.8. The molecule has 1 aliphatic carbocycles. The summed E-state index contributed by atoms with van der Waals surface area (Å²) in [5, 5.41) is 3.77. The standard InChI is InChI=1S/C35H22F6S2/c1-19-27(17-29(42-19)25-13-11-21-7-3-5-9-23(21)15-25)31-32(34(38,39)35(40,41)33(31,36)37)28-18-30(43-20(28)2)26-14-12-22-8-4-6-10-24(22)16-26/h3-18H,1-2H3. The summed E-state index contributed by atoms with van der Waals surface area (Å²) in [6.45, 7) is 3.00. The van der Waals surface area contributed by atoms with Gasteiger partial charge in [-0.05, 0) is 81.9 Å². The number of hydrogen-bond acceptors (Lipinski definition) is 2. The van der Waals surface area contributed by atoms with Gasteiger partial charge in [0.1, 0.15) is 0 Å². The fraction of sp³-hybridized carbons (Fsp3) is 0.143. The first-order chi connectivity index (χ1) is 20.4. The van der Waals surface area contributed by atoms with E-state index in [0.717, 1.165) is 44.2 Å². The smallest absolute Gasteiger partial charge is 0.194 e. The third-order valence-electron chi connectivity index (χ3n) is 8.11. The van der Waals surface area contributed by atoms with Gasteiger partial charge in [-0.1, -0.05) is 72.8 Å². The van der Waals surface area contributed by atoms with E-state index in [9.17, 15) is 0 Å². The lowest BCUT2D eigenvalue weighted by Crippen LogP contribution is -2.48. The Balaban J connectivity index is 1.42. The normalized spacial score (nSPS) is 17.3. The summed E-state index contributed by atoms with van der Waals surface area (Å²) in [4.78, 5) is 1.56. The molecule has 4 aromatic carbocycles. The number of fused-ring (bicyclic) bond motifs is 2. The first-order valence-electron chi connectivity index (χ1n) is 13.5. The second-order valence-electron chi connectivity index (χ2n) is 10.8. The molecule has 43 heavy (non-hydrogen) atoms. The number of rotatable bonds is 4. The van der Waals surface area contributed by atoms with Crippen molar-refractivity contribution >= 4 is 55.4 Å². The van der Waals surface area contributed by atoms with Crippen molar-refractivity contribution in [3.63, 3.8) is 0 Å². The van der Waals surface area contributed by atoms with Gasteiger partial charge < -0.3 is 0 Å². The van der Waals surface area contributed by atoms with E-state index < -0.39 is 28.9 Å². The van der Waals surface area contributed by atoms with Gasteiger partial charge in [0.05, 0.1) is 0 Å². The van der Waals surface area contributed by atoms with Crippen molar-refractivity contribution in [1.82, 2.24) is 0 Å². The van der Waals surface area contributed by atoms with Crippen LogP contribution < -0.4 is 0 Å². The van der Waals surface area contributed by atoms with E-state index in [1.54, 1.807) is 0 Å². The molecule has 6 aromatic rings. The van der Waals surface area contributed by atoms with Crippen LogP contribution in [0.2, 0.25) is 0 Å². The van der Waals surface area contributed by atoms with Crippen molar-refractivity contribution in [3.8, 4) is 20.9 Å². The van der Waals surface area contributed by atoms with Crippen LogP contribution in [0.5, 0.6) is 0 Å². The van der Waals surface area contributed by atoms with Gasteiger partial charge in [0.15, 0.2) is 0 Å². The minimum absolute atomic E-state index is 0.256. The molecule has 2 aromatic heterocycles. The van der Waals surface area contributed by atoms with Crippen molar-refractivity contribution in [3.05, 3.63) is 118 Å². The minimum atomic E-state index is -5.61. The monoisotopic (exact) mass is 620 g/mol. The zero-order chi connectivity index (χ0) is 30.3. The lowest BCUT2D eigenvalue weighted by Gasteiger charge is -2.25. The average molecular weight is 621 g/mol. The Labute approximate surface area is 251 Å². The number of allylic oxidation sites excluding steroid dienone is 2. The molecule has 0 atom stereocenters. The van der Waals surface area contributed by atoms with Crippen molar-refractivity contribution in [1.29, 1.82) is 0 Å². The van der Waals surface area contributed by atoms with Crippen LogP contribution in [0.4, 0.5) is 26.3 Å². The van der Waals surface area contributed by atoms with Gasteiger partial charge in [-0.25, -0.2) is 0 Å². The molecule has 0 aliphatic heterocycles. The van der Waals surface area contributed by atoms with Crippen LogP contribution in [-0.2, 0) is 0 Å². The second-order valence-corrected chi connectivity index (χ2v) is 13.3. The fourth-order valence-corrected chi connectivity index (χ4v) is 7.91. The van der Waals surface area contributed by atoms with Gasteiger partial charge in [0.2, 0.25) is 0 Å². The quantitative estimate of drug-likeness (QED) is 0.172. The molecule has 0 saturated heterocycles. The maximum atomic E-state index is 15.7. The molecule has 0 bridgehead atoms. The van der Waals surface area contributed by atoms with E-state index in [2.05, 4.69) is 0 Å². The summed E-state index contributed by atoms with van der Waals surface area (Å²) in [6, 6.07) is 29.0. The first kappa shape index (κ1) is 27.9. The number of hydrogen-bond donors (Lipinski definition) is 0. The summed E-state index contributed by atoms with van der Waals surface area (Å²) < 4.78 is 92.9. The molecule has 0 N–H and O–H groups in total. The van der Waals surface area contributed by atoms with Crippen molar-refractivity contribution in [2.75, 3.05) is 0 Å². The number of aryl methyl sites for hydroxylation is 2. The Bertz CT molecular complexity index is 1950. The zero-order valence-corrected chi connectivity index (χ0v) is 24.5. The average Bonchev–Trinajstić information content (AvgIpc) is 3.59. The molecule has 1 aliphatic rings. The molecule has 0 nitrogen and oxygen atoms in total. The molecule has 0 spiro atoms. The largest absolute Gasteiger partial charge is 0.380 e. The number of benzene rings is 4. The Hall–Kier alpha value is -3.88. The predicted molar refractivity (Wildman–Crippen MR) is 166 cm³/mol. The van der Waals surface area contributed by atoms with Crippen LogP contribution in [0.25, 0.3) is 53.6 Å². The van der Waals surface area contributed by atoms with Crippen molar-refractivity contribution in [2.45, 2.75) is 31.6 Å². The SMILES string of the molecule is Cc1sc(-c2ccc3ccccc3c2)cc1C1=C(c2cc(-c3ccc4ccccc4c3)sc2C)C(F)(F)C(F)(F)C1(F)F. The van der Waals surface area contributed by atoms with E-state index >= 15 is 26.3 Å². The molecular formula is C35H22F6S2. The third-order valence-corrected chi connectivity index (χ3v) is 10.3. The first-order valence-corrected chi connectivity index (χ1v) is 15.1. The molecule has 0 fully saturated rings. The molecule has 0 radical (unpaired) electrons. The van der Waals surface area contributed by atoms with E-state index in [0.29, 0.717) is 20.9 Å². The van der Waals surface area contributed by atoms with Gasteiger partial charge in [-0.15, -0.1) is 22.7 Å². The minimum Gasteiger partial charge on any atom is -0.194 e. The molecule has 7 rings (SSSR count). The summed E-state index contributed by atoms with van der Waals surface area (Å²) >= 11 is 2.23. The van der Waals surface area contributed by atoms with Gasteiger partial charge in [-0.3, -0.25) is 0 Å². The topological polar surface area (TPSA) is 0 Å². The Kier molecular flexibility index (Phi) is 6.21. The Morgan fingerprint density at radius 3 is 1.23 bits per heavy atom. The van der Waals surface area contributed by atoms with Crippen LogP contribution in [0, 0.1) is 13.8 Å². The summed E-state index contributed by atoms with van der Waals surface area (Å²) in [7, 11) is 0. The van der Waals surface area contributed by atoms with E-state index in [1.165, 1.54) is 26.0 Å². The predicted octanol–water partition coefficient (Wildman–Crippen LogP) is 11.9. The van der Waals surface area contributed by atoms with Gasteiger partial charge >= 0.3 is 17.8 Å². The molecule has 8 heteroatoms. The van der Waals surface area contributed by atoms with Gasteiger partial charge in [0, 0.05) is 30.7 Å². The van der Waals surface area contributed by atoms with Crippen LogP contribution in [0.15, 0.2) is 97.1 Å². The molecular weight excluding hydrogens is 599 g/mol. The van der Waals surface area contributed by atoms with Crippen molar-refractivity contribution < 1.29 is 26.3 Å². The summed E-state index contributed by atoms with van der Waals surface area (Å²) in [5.41, 5.74) is -1.83. The van der Waals surface area contributed by atoms with Crippen LogP contribution in [0.3, 0.4) is 0 Å². The Morgan fingerprint density at radius 2 is 0.837 bits per heavy atom. The second kappa shape index (κ2) is 9.56. The highest BCUT2D eigenvalue weighted by Crippen LogP contribution is 2.66. The highest BCUT2D eigenvalue weighted by Gasteiger charge is 2.80. The lowest BCUT2D eigenvalue weighted by atomic mass is 9.94. The van der Waals surface area contributed by atoms with E-state index in [1.807, 2.05) is 84.9 Å².